The minimum Gasteiger partial charge on any atom is -0.514 e. The Morgan fingerprint density at radius 1 is 1.10 bits per heavy atom. The minimum absolute atomic E-state index is 0.180. The molecule has 0 amide bonds. The Hall–Kier alpha value is -3.18. The molecule has 0 saturated heterocycles. The van der Waals surface area contributed by atoms with Crippen LogP contribution in [0.2, 0.25) is 0 Å². The number of hydrogen-bond donors (Lipinski definition) is 3. The van der Waals surface area contributed by atoms with Crippen molar-refractivity contribution in [3.05, 3.63) is 119 Å². The topological polar surface area (TPSA) is 44.3 Å². The normalized spacial score (nSPS) is 13.9. The molecule has 0 aliphatic carbocycles. The fraction of sp³-hybridized carbons (Fsp3) is 0.200. The third-order valence-electron chi connectivity index (χ3n) is 4.33. The summed E-state index contributed by atoms with van der Waals surface area (Å²) < 4.78 is 26.8. The predicted molar refractivity (Wildman–Crippen MR) is 119 cm³/mol. The van der Waals surface area contributed by atoms with E-state index in [9.17, 15) is 8.78 Å². The molecule has 2 rings (SSSR count). The molecule has 3 N–H and O–H groups in total. The van der Waals surface area contributed by atoms with Crippen LogP contribution in [-0.4, -0.2) is 5.11 Å². The quantitative estimate of drug-likeness (QED) is 0.322. The maximum Gasteiger partial charge on any atom is 0.123 e. The van der Waals surface area contributed by atoms with Crippen LogP contribution in [0.25, 0.3) is 0 Å². The van der Waals surface area contributed by atoms with E-state index in [2.05, 4.69) is 10.6 Å². The van der Waals surface area contributed by atoms with Gasteiger partial charge in [-0.05, 0) is 60.4 Å². The lowest BCUT2D eigenvalue weighted by Crippen LogP contribution is -2.19. The largest absolute Gasteiger partial charge is 0.514 e. The van der Waals surface area contributed by atoms with Crippen LogP contribution in [0.1, 0.15) is 37.4 Å². The van der Waals surface area contributed by atoms with Gasteiger partial charge in [0.2, 0.25) is 0 Å². The van der Waals surface area contributed by atoms with Crippen LogP contribution in [0.15, 0.2) is 96.6 Å². The molecule has 0 heterocycles. The standard InChI is InChI=1S/C25H28F2N2O/c1-3-5-24(28-14-15-30)16-19(2)8-13-25(21-9-11-22(26)12-10-21)29-18-20-6-4-7-23(27)17-20/h4-17,25,28-30H,3,18H2,1-2H3/b13-8+,15-14-,19-16-,24-5+. The fourth-order valence-electron chi connectivity index (χ4n) is 2.90. The zero-order valence-corrected chi connectivity index (χ0v) is 17.3. The average Bonchev–Trinajstić information content (AvgIpc) is 2.73. The van der Waals surface area contributed by atoms with E-state index in [0.29, 0.717) is 6.54 Å². The predicted octanol–water partition coefficient (Wildman–Crippen LogP) is 6.21. The smallest absolute Gasteiger partial charge is 0.123 e. The molecule has 5 heteroatoms. The van der Waals surface area contributed by atoms with Gasteiger partial charge in [0.15, 0.2) is 0 Å². The van der Waals surface area contributed by atoms with Crippen LogP contribution in [-0.2, 0) is 6.54 Å². The first-order chi connectivity index (χ1) is 14.5. The van der Waals surface area contributed by atoms with Crippen molar-refractivity contribution in [3.63, 3.8) is 0 Å². The maximum absolute atomic E-state index is 13.5. The molecule has 1 atom stereocenters. The summed E-state index contributed by atoms with van der Waals surface area (Å²) in [7, 11) is 0. The van der Waals surface area contributed by atoms with Crippen molar-refractivity contribution in [1.82, 2.24) is 10.6 Å². The molecule has 158 valence electrons. The van der Waals surface area contributed by atoms with E-state index in [4.69, 9.17) is 5.11 Å². The van der Waals surface area contributed by atoms with Crippen molar-refractivity contribution < 1.29 is 13.9 Å². The number of allylic oxidation sites excluding steroid dienone is 4. The zero-order valence-electron chi connectivity index (χ0n) is 17.3. The van der Waals surface area contributed by atoms with E-state index >= 15 is 0 Å². The third kappa shape index (κ3) is 8.05. The van der Waals surface area contributed by atoms with Gasteiger partial charge in [-0.15, -0.1) is 0 Å². The first-order valence-electron chi connectivity index (χ1n) is 9.87. The first kappa shape index (κ1) is 23.1. The van der Waals surface area contributed by atoms with Crippen molar-refractivity contribution in [2.24, 2.45) is 0 Å². The summed E-state index contributed by atoms with van der Waals surface area (Å²) in [5.41, 5.74) is 3.60. The number of rotatable bonds is 10. The maximum atomic E-state index is 13.5. The number of halogens is 2. The molecule has 0 radical (unpaired) electrons. The first-order valence-corrected chi connectivity index (χ1v) is 9.87. The summed E-state index contributed by atoms with van der Waals surface area (Å²) in [6.07, 6.45) is 11.2. The van der Waals surface area contributed by atoms with Crippen molar-refractivity contribution in [1.29, 1.82) is 0 Å². The van der Waals surface area contributed by atoms with Gasteiger partial charge in [0, 0.05) is 18.4 Å². The van der Waals surface area contributed by atoms with Crippen LogP contribution in [0.4, 0.5) is 8.78 Å². The van der Waals surface area contributed by atoms with Crippen molar-refractivity contribution in [2.75, 3.05) is 0 Å². The third-order valence-corrected chi connectivity index (χ3v) is 4.33. The molecule has 0 fully saturated rings. The molecule has 2 aromatic carbocycles. The second kappa shape index (κ2) is 12.4. The Labute approximate surface area is 177 Å². The Morgan fingerprint density at radius 2 is 1.87 bits per heavy atom. The second-order valence-corrected chi connectivity index (χ2v) is 6.82. The summed E-state index contributed by atoms with van der Waals surface area (Å²) in [6, 6.07) is 12.6. The monoisotopic (exact) mass is 410 g/mol. The van der Waals surface area contributed by atoms with Gasteiger partial charge >= 0.3 is 0 Å². The molecule has 30 heavy (non-hydrogen) atoms. The van der Waals surface area contributed by atoms with Crippen LogP contribution >= 0.6 is 0 Å². The highest BCUT2D eigenvalue weighted by molar-refractivity contribution is 5.32. The molecule has 0 aromatic heterocycles. The van der Waals surface area contributed by atoms with Crippen LogP contribution < -0.4 is 10.6 Å². The van der Waals surface area contributed by atoms with E-state index in [-0.39, 0.29) is 17.7 Å². The molecule has 3 nitrogen and oxygen atoms in total. The number of hydrogen-bond acceptors (Lipinski definition) is 3. The molecule has 0 saturated carbocycles. The highest BCUT2D eigenvalue weighted by Crippen LogP contribution is 2.18. The Bertz CT molecular complexity index is 915. The summed E-state index contributed by atoms with van der Waals surface area (Å²) in [6.45, 7) is 4.47. The van der Waals surface area contributed by atoms with Gasteiger partial charge in [-0.25, -0.2) is 8.78 Å². The van der Waals surface area contributed by atoms with Gasteiger partial charge in [-0.1, -0.05) is 49.4 Å². The lowest BCUT2D eigenvalue weighted by atomic mass is 10.0. The SMILES string of the molecule is CC\C=C(/C=C(C)\C=C\C(NCc1cccc(F)c1)c1ccc(F)cc1)N/C=C\O. The minimum atomic E-state index is -0.292. The average molecular weight is 411 g/mol. The van der Waals surface area contributed by atoms with Crippen LogP contribution in [0, 0.1) is 11.6 Å². The zero-order chi connectivity index (χ0) is 21.8. The summed E-state index contributed by atoms with van der Waals surface area (Å²) >= 11 is 0. The number of aliphatic hydroxyl groups excluding tert-OH is 1. The molecule has 1 unspecified atom stereocenters. The van der Waals surface area contributed by atoms with E-state index in [1.54, 1.807) is 18.2 Å². The van der Waals surface area contributed by atoms with Gasteiger partial charge in [0.1, 0.15) is 11.6 Å². The van der Waals surface area contributed by atoms with E-state index in [1.165, 1.54) is 30.5 Å². The van der Waals surface area contributed by atoms with Gasteiger partial charge < -0.3 is 15.7 Å². The van der Waals surface area contributed by atoms with E-state index in [0.717, 1.165) is 35.1 Å². The van der Waals surface area contributed by atoms with Crippen LogP contribution in [0.5, 0.6) is 0 Å². The number of benzene rings is 2. The lowest BCUT2D eigenvalue weighted by molar-refractivity contribution is 0.470. The fourth-order valence-corrected chi connectivity index (χ4v) is 2.90. The Morgan fingerprint density at radius 3 is 2.53 bits per heavy atom. The van der Waals surface area contributed by atoms with Crippen molar-refractivity contribution in [2.45, 2.75) is 32.9 Å². The second-order valence-electron chi connectivity index (χ2n) is 6.82. The Balaban J connectivity index is 2.19. The van der Waals surface area contributed by atoms with Gasteiger partial charge in [-0.2, -0.15) is 0 Å². The molecule has 0 bridgehead atoms. The molecular weight excluding hydrogens is 382 g/mol. The van der Waals surface area contributed by atoms with Crippen molar-refractivity contribution >= 4 is 0 Å². The van der Waals surface area contributed by atoms with Crippen molar-refractivity contribution in [3.8, 4) is 0 Å². The summed E-state index contributed by atoms with van der Waals surface area (Å²) in [5, 5.41) is 15.2. The molecule has 0 aliphatic heterocycles. The number of nitrogens with one attached hydrogen (secondary N) is 2. The van der Waals surface area contributed by atoms with Gasteiger partial charge in [0.25, 0.3) is 0 Å². The summed E-state index contributed by atoms with van der Waals surface area (Å²) in [4.78, 5) is 0. The van der Waals surface area contributed by atoms with E-state index in [1.807, 2.05) is 44.2 Å². The van der Waals surface area contributed by atoms with Gasteiger partial charge in [-0.3, -0.25) is 0 Å². The highest BCUT2D eigenvalue weighted by Gasteiger charge is 2.08. The van der Waals surface area contributed by atoms with Crippen LogP contribution in [0.3, 0.4) is 0 Å². The summed E-state index contributed by atoms with van der Waals surface area (Å²) in [5.74, 6) is -0.568. The highest BCUT2D eigenvalue weighted by atomic mass is 19.1. The van der Waals surface area contributed by atoms with Gasteiger partial charge in [0.05, 0.1) is 12.3 Å². The molecular formula is C25H28F2N2O. The molecule has 0 aliphatic rings. The van der Waals surface area contributed by atoms with E-state index < -0.39 is 0 Å². The lowest BCUT2D eigenvalue weighted by Gasteiger charge is -2.16. The molecule has 2 aromatic rings. The number of aliphatic hydroxyl groups is 1. The molecule has 0 spiro atoms. The Kier molecular flexibility index (Phi) is 9.55.